The van der Waals surface area contributed by atoms with Crippen molar-refractivity contribution in [2.45, 2.75) is 17.7 Å². The summed E-state index contributed by atoms with van der Waals surface area (Å²) in [7, 11) is -0.705. The van der Waals surface area contributed by atoms with E-state index in [1.54, 1.807) is 6.07 Å². The molecule has 0 radical (unpaired) electrons. The fourth-order valence-corrected chi connectivity index (χ4v) is 5.11. The van der Waals surface area contributed by atoms with Crippen LogP contribution < -0.4 is 14.8 Å². The molecule has 0 aliphatic carbocycles. The molecule has 0 atom stereocenters. The predicted octanol–water partition coefficient (Wildman–Crippen LogP) is 3.35. The summed E-state index contributed by atoms with van der Waals surface area (Å²) in [5, 5.41) is 2.91. The van der Waals surface area contributed by atoms with Crippen LogP contribution in [0, 0.1) is 9.49 Å². The second-order valence-electron chi connectivity index (χ2n) is 6.69. The van der Waals surface area contributed by atoms with Crippen LogP contribution in [0.1, 0.15) is 12.8 Å². The number of piperidine rings is 1. The van der Waals surface area contributed by atoms with Crippen molar-refractivity contribution in [3.05, 3.63) is 46.0 Å². The SMILES string of the molecule is COc1ccc(S(=O)(=O)N2CCC(C(=O)Nc3ccc(I)cc3)CC2)cc1OC. The Bertz CT molecular complexity index is 971. The number of hydrogen-bond acceptors (Lipinski definition) is 5. The van der Waals surface area contributed by atoms with Gasteiger partial charge < -0.3 is 14.8 Å². The van der Waals surface area contributed by atoms with Crippen molar-refractivity contribution in [3.63, 3.8) is 0 Å². The molecule has 1 amide bonds. The van der Waals surface area contributed by atoms with Crippen molar-refractivity contribution >= 4 is 44.2 Å². The standard InChI is InChI=1S/C20H23IN2O5S/c1-27-18-8-7-17(13-19(18)28-2)29(25,26)23-11-9-14(10-12-23)20(24)22-16-5-3-15(21)4-6-16/h3-8,13-14H,9-12H2,1-2H3,(H,22,24). The molecule has 9 heteroatoms. The molecule has 0 aromatic heterocycles. The molecule has 0 bridgehead atoms. The number of carbonyl (C=O) groups is 1. The monoisotopic (exact) mass is 530 g/mol. The summed E-state index contributed by atoms with van der Waals surface area (Å²) < 4.78 is 38.9. The lowest BCUT2D eigenvalue weighted by atomic mass is 9.97. The van der Waals surface area contributed by atoms with Crippen LogP contribution in [0.5, 0.6) is 11.5 Å². The van der Waals surface area contributed by atoms with Crippen LogP contribution >= 0.6 is 22.6 Å². The number of benzene rings is 2. The molecule has 0 unspecified atom stereocenters. The number of amides is 1. The largest absolute Gasteiger partial charge is 0.493 e. The molecule has 0 saturated carbocycles. The zero-order valence-corrected chi connectivity index (χ0v) is 19.2. The molecular weight excluding hydrogens is 507 g/mol. The third-order valence-corrected chi connectivity index (χ3v) is 7.54. The molecule has 29 heavy (non-hydrogen) atoms. The van der Waals surface area contributed by atoms with Gasteiger partial charge in [-0.15, -0.1) is 0 Å². The molecule has 2 aromatic carbocycles. The number of anilines is 1. The average Bonchev–Trinajstić information content (AvgIpc) is 2.74. The topological polar surface area (TPSA) is 84.9 Å². The summed E-state index contributed by atoms with van der Waals surface area (Å²) in [6.45, 7) is 0.586. The highest BCUT2D eigenvalue weighted by Crippen LogP contribution is 2.32. The number of nitrogens with zero attached hydrogens (tertiary/aromatic N) is 1. The van der Waals surface area contributed by atoms with Crippen LogP contribution in [0.25, 0.3) is 0 Å². The van der Waals surface area contributed by atoms with E-state index in [9.17, 15) is 13.2 Å². The zero-order valence-electron chi connectivity index (χ0n) is 16.2. The van der Waals surface area contributed by atoms with Gasteiger partial charge in [0.15, 0.2) is 11.5 Å². The van der Waals surface area contributed by atoms with Gasteiger partial charge in [0, 0.05) is 34.3 Å². The van der Waals surface area contributed by atoms with Gasteiger partial charge in [-0.2, -0.15) is 4.31 Å². The fourth-order valence-electron chi connectivity index (χ4n) is 3.26. The number of carbonyl (C=O) groups excluding carboxylic acids is 1. The Morgan fingerprint density at radius 1 is 1.03 bits per heavy atom. The van der Waals surface area contributed by atoms with E-state index in [1.165, 1.54) is 30.7 Å². The van der Waals surface area contributed by atoms with Crippen LogP contribution in [0.3, 0.4) is 0 Å². The Labute approximate surface area is 184 Å². The maximum Gasteiger partial charge on any atom is 0.243 e. The van der Waals surface area contributed by atoms with Gasteiger partial charge in [0.1, 0.15) is 0 Å². The van der Waals surface area contributed by atoms with Crippen molar-refractivity contribution in [2.75, 3.05) is 32.6 Å². The van der Waals surface area contributed by atoms with Gasteiger partial charge in [-0.25, -0.2) is 8.42 Å². The van der Waals surface area contributed by atoms with E-state index < -0.39 is 10.0 Å². The van der Waals surface area contributed by atoms with Gasteiger partial charge in [-0.1, -0.05) is 0 Å². The minimum Gasteiger partial charge on any atom is -0.493 e. The van der Waals surface area contributed by atoms with Crippen molar-refractivity contribution in [2.24, 2.45) is 5.92 Å². The van der Waals surface area contributed by atoms with Crippen LogP contribution in [-0.4, -0.2) is 45.9 Å². The molecule has 0 spiro atoms. The molecule has 1 aliphatic heterocycles. The van der Waals surface area contributed by atoms with E-state index in [-0.39, 0.29) is 16.7 Å². The number of nitrogens with one attached hydrogen (secondary N) is 1. The predicted molar refractivity (Wildman–Crippen MR) is 119 cm³/mol. The molecule has 3 rings (SSSR count). The first-order valence-corrected chi connectivity index (χ1v) is 11.7. The molecule has 2 aromatic rings. The lowest BCUT2D eigenvalue weighted by Crippen LogP contribution is -2.41. The summed E-state index contributed by atoms with van der Waals surface area (Å²) in [6, 6.07) is 12.1. The Balaban J connectivity index is 1.65. The highest BCUT2D eigenvalue weighted by atomic mass is 127. The van der Waals surface area contributed by atoms with E-state index in [2.05, 4.69) is 27.9 Å². The first kappa shape index (κ1) is 21.8. The smallest absolute Gasteiger partial charge is 0.243 e. The minimum absolute atomic E-state index is 0.0747. The second kappa shape index (κ2) is 9.31. The number of hydrogen-bond donors (Lipinski definition) is 1. The van der Waals surface area contributed by atoms with Crippen molar-refractivity contribution in [1.82, 2.24) is 4.31 Å². The van der Waals surface area contributed by atoms with Gasteiger partial charge in [-0.3, -0.25) is 4.79 Å². The molecular formula is C20H23IN2O5S. The van der Waals surface area contributed by atoms with Crippen LogP contribution in [0.2, 0.25) is 0 Å². The number of halogens is 1. The van der Waals surface area contributed by atoms with Gasteiger partial charge in [0.2, 0.25) is 15.9 Å². The van der Waals surface area contributed by atoms with Gasteiger partial charge in [0.05, 0.1) is 19.1 Å². The molecule has 1 saturated heterocycles. The van der Waals surface area contributed by atoms with E-state index in [4.69, 9.17) is 9.47 Å². The van der Waals surface area contributed by atoms with Crippen LogP contribution in [0.15, 0.2) is 47.4 Å². The Morgan fingerprint density at radius 3 is 2.24 bits per heavy atom. The lowest BCUT2D eigenvalue weighted by Gasteiger charge is -2.30. The van der Waals surface area contributed by atoms with Gasteiger partial charge in [-0.05, 0) is 71.8 Å². The van der Waals surface area contributed by atoms with E-state index in [1.807, 2.05) is 24.3 Å². The molecule has 7 nitrogen and oxygen atoms in total. The Kier molecular flexibility index (Phi) is 7.01. The quantitative estimate of drug-likeness (QED) is 0.580. The van der Waals surface area contributed by atoms with E-state index in [0.717, 1.165) is 9.26 Å². The minimum atomic E-state index is -3.67. The maximum absolute atomic E-state index is 13.0. The second-order valence-corrected chi connectivity index (χ2v) is 9.87. The lowest BCUT2D eigenvalue weighted by molar-refractivity contribution is -0.120. The number of rotatable bonds is 6. The molecule has 1 aliphatic rings. The van der Waals surface area contributed by atoms with Crippen molar-refractivity contribution < 1.29 is 22.7 Å². The number of ether oxygens (including phenoxy) is 2. The first-order chi connectivity index (χ1) is 13.8. The normalized spacial score (nSPS) is 15.7. The molecule has 156 valence electrons. The maximum atomic E-state index is 13.0. The summed E-state index contributed by atoms with van der Waals surface area (Å²) in [4.78, 5) is 12.7. The molecule has 1 N–H and O–H groups in total. The zero-order chi connectivity index (χ0) is 21.0. The van der Waals surface area contributed by atoms with Crippen LogP contribution in [0.4, 0.5) is 5.69 Å². The molecule has 1 fully saturated rings. The first-order valence-electron chi connectivity index (χ1n) is 9.13. The fraction of sp³-hybridized carbons (Fsp3) is 0.350. The third-order valence-electron chi connectivity index (χ3n) is 4.93. The van der Waals surface area contributed by atoms with Gasteiger partial charge >= 0.3 is 0 Å². The van der Waals surface area contributed by atoms with E-state index in [0.29, 0.717) is 37.4 Å². The summed E-state index contributed by atoms with van der Waals surface area (Å²) in [5.41, 5.74) is 0.746. The number of methoxy groups -OCH3 is 2. The van der Waals surface area contributed by atoms with Gasteiger partial charge in [0.25, 0.3) is 0 Å². The summed E-state index contributed by atoms with van der Waals surface area (Å²) >= 11 is 2.21. The third kappa shape index (κ3) is 5.01. The highest BCUT2D eigenvalue weighted by molar-refractivity contribution is 14.1. The highest BCUT2D eigenvalue weighted by Gasteiger charge is 2.32. The summed E-state index contributed by atoms with van der Waals surface area (Å²) in [6.07, 6.45) is 0.950. The van der Waals surface area contributed by atoms with Crippen molar-refractivity contribution in [3.8, 4) is 11.5 Å². The molecule has 1 heterocycles. The Morgan fingerprint density at radius 2 is 1.66 bits per heavy atom. The van der Waals surface area contributed by atoms with Crippen molar-refractivity contribution in [1.29, 1.82) is 0 Å². The Hall–Kier alpha value is -1.85. The average molecular weight is 530 g/mol. The number of sulfonamides is 1. The van der Waals surface area contributed by atoms with Crippen LogP contribution in [-0.2, 0) is 14.8 Å². The van der Waals surface area contributed by atoms with E-state index >= 15 is 0 Å². The summed E-state index contributed by atoms with van der Waals surface area (Å²) in [5.74, 6) is 0.540.